The molecule has 0 saturated heterocycles. The number of carbonyl (C=O) groups is 1. The van der Waals surface area contributed by atoms with Crippen LogP contribution in [0.3, 0.4) is 0 Å². The zero-order valence-corrected chi connectivity index (χ0v) is 18.8. The van der Waals surface area contributed by atoms with Crippen molar-refractivity contribution in [3.8, 4) is 5.69 Å². The molecule has 5 rings (SSSR count). The molecule has 4 aromatic rings. The van der Waals surface area contributed by atoms with Crippen LogP contribution in [0.25, 0.3) is 16.8 Å². The van der Waals surface area contributed by atoms with E-state index in [1.807, 2.05) is 19.0 Å². The van der Waals surface area contributed by atoms with Gasteiger partial charge in [0.2, 0.25) is 0 Å². The predicted octanol–water partition coefficient (Wildman–Crippen LogP) is 3.36. The SMILES string of the molecule is CN(C)CCn1c(=O)oc2ccc(NC(=O)c3nn(-c4ccc(F)c(F)c4)c4c3CCC4)cc21. The number of hydrogen-bond donors (Lipinski definition) is 1. The highest BCUT2D eigenvalue weighted by molar-refractivity contribution is 6.04. The van der Waals surface area contributed by atoms with Crippen molar-refractivity contribution in [3.63, 3.8) is 0 Å². The van der Waals surface area contributed by atoms with Crippen molar-refractivity contribution in [1.82, 2.24) is 19.2 Å². The minimum Gasteiger partial charge on any atom is -0.408 e. The Bertz CT molecular complexity index is 1470. The molecular formula is C24H23F2N5O3. The second-order valence-corrected chi connectivity index (χ2v) is 8.60. The molecule has 10 heteroatoms. The van der Waals surface area contributed by atoms with Crippen molar-refractivity contribution in [2.45, 2.75) is 25.8 Å². The number of amides is 1. The standard InChI is InChI=1S/C24H23F2N5O3/c1-29(2)10-11-30-20-12-14(6-9-21(20)34-24(30)33)27-23(32)22-16-4-3-5-19(16)31(28-22)15-7-8-17(25)18(26)13-15/h6-9,12-13H,3-5,10-11H2,1-2H3,(H,27,32). The van der Waals surface area contributed by atoms with Crippen molar-refractivity contribution >= 4 is 22.7 Å². The molecule has 1 N–H and O–H groups in total. The van der Waals surface area contributed by atoms with Gasteiger partial charge in [0.15, 0.2) is 22.9 Å². The topological polar surface area (TPSA) is 85.3 Å². The second kappa shape index (κ2) is 8.53. The Labute approximate surface area is 193 Å². The molecule has 2 aromatic heterocycles. The quantitative estimate of drug-likeness (QED) is 0.470. The van der Waals surface area contributed by atoms with Crippen LogP contribution in [0.4, 0.5) is 14.5 Å². The fraction of sp³-hybridized carbons (Fsp3) is 0.292. The number of anilines is 1. The number of rotatable bonds is 6. The molecular weight excluding hydrogens is 444 g/mol. The molecule has 2 heterocycles. The molecule has 1 amide bonds. The zero-order valence-electron chi connectivity index (χ0n) is 18.8. The van der Waals surface area contributed by atoms with Crippen molar-refractivity contribution in [2.75, 3.05) is 26.0 Å². The van der Waals surface area contributed by atoms with E-state index in [0.29, 0.717) is 48.4 Å². The Hall–Kier alpha value is -3.79. The minimum absolute atomic E-state index is 0.245. The van der Waals surface area contributed by atoms with E-state index in [1.54, 1.807) is 18.2 Å². The average molecular weight is 467 g/mol. The van der Waals surface area contributed by atoms with Crippen LogP contribution in [0.15, 0.2) is 45.6 Å². The van der Waals surface area contributed by atoms with Gasteiger partial charge in [0.05, 0.1) is 11.2 Å². The third-order valence-corrected chi connectivity index (χ3v) is 5.99. The first kappa shape index (κ1) is 22.0. The van der Waals surface area contributed by atoms with Crippen LogP contribution >= 0.6 is 0 Å². The number of hydrogen-bond acceptors (Lipinski definition) is 5. The highest BCUT2D eigenvalue weighted by Gasteiger charge is 2.27. The fourth-order valence-corrected chi connectivity index (χ4v) is 4.29. The molecule has 0 fully saturated rings. The van der Waals surface area contributed by atoms with E-state index >= 15 is 0 Å². The Kier molecular flexibility index (Phi) is 5.52. The highest BCUT2D eigenvalue weighted by atomic mass is 19.2. The summed E-state index contributed by atoms with van der Waals surface area (Å²) in [5, 5.41) is 7.29. The fourth-order valence-electron chi connectivity index (χ4n) is 4.29. The Balaban J connectivity index is 1.46. The van der Waals surface area contributed by atoms with Crippen LogP contribution in [0.2, 0.25) is 0 Å². The first-order valence-electron chi connectivity index (χ1n) is 11.0. The summed E-state index contributed by atoms with van der Waals surface area (Å²) in [7, 11) is 3.83. The van der Waals surface area contributed by atoms with E-state index in [-0.39, 0.29) is 5.69 Å². The molecule has 0 spiro atoms. The zero-order chi connectivity index (χ0) is 24.0. The Morgan fingerprint density at radius 3 is 2.74 bits per heavy atom. The monoisotopic (exact) mass is 467 g/mol. The van der Waals surface area contributed by atoms with Gasteiger partial charge < -0.3 is 14.6 Å². The van der Waals surface area contributed by atoms with Crippen molar-refractivity contribution in [1.29, 1.82) is 0 Å². The van der Waals surface area contributed by atoms with Crippen LogP contribution in [0, 0.1) is 11.6 Å². The summed E-state index contributed by atoms with van der Waals surface area (Å²) < 4.78 is 35.5. The summed E-state index contributed by atoms with van der Waals surface area (Å²) in [6, 6.07) is 8.55. The molecule has 8 nitrogen and oxygen atoms in total. The maximum Gasteiger partial charge on any atom is 0.419 e. The van der Waals surface area contributed by atoms with Gasteiger partial charge >= 0.3 is 5.76 Å². The molecule has 2 aromatic carbocycles. The number of aromatic nitrogens is 3. The summed E-state index contributed by atoms with van der Waals surface area (Å²) in [5.41, 5.74) is 3.74. The van der Waals surface area contributed by atoms with Crippen LogP contribution in [0.1, 0.15) is 28.2 Å². The summed E-state index contributed by atoms with van der Waals surface area (Å²) in [4.78, 5) is 27.4. The normalized spacial score (nSPS) is 13.1. The van der Waals surface area contributed by atoms with E-state index in [9.17, 15) is 18.4 Å². The van der Waals surface area contributed by atoms with Gasteiger partial charge in [-0.3, -0.25) is 9.36 Å². The lowest BCUT2D eigenvalue weighted by molar-refractivity contribution is 0.102. The molecule has 0 unspecified atom stereocenters. The van der Waals surface area contributed by atoms with Gasteiger partial charge in [0.1, 0.15) is 0 Å². The highest BCUT2D eigenvalue weighted by Crippen LogP contribution is 2.29. The summed E-state index contributed by atoms with van der Waals surface area (Å²) >= 11 is 0. The maximum atomic E-state index is 13.8. The van der Waals surface area contributed by atoms with Crippen LogP contribution in [0.5, 0.6) is 0 Å². The molecule has 0 radical (unpaired) electrons. The third-order valence-electron chi connectivity index (χ3n) is 5.99. The number of halogens is 2. The molecule has 0 saturated carbocycles. The van der Waals surface area contributed by atoms with Crippen molar-refractivity contribution in [2.24, 2.45) is 0 Å². The van der Waals surface area contributed by atoms with Gasteiger partial charge in [-0.05, 0) is 63.7 Å². The second-order valence-electron chi connectivity index (χ2n) is 8.60. The summed E-state index contributed by atoms with van der Waals surface area (Å²) in [6.07, 6.45) is 2.20. The molecule has 0 atom stereocenters. The van der Waals surface area contributed by atoms with Gasteiger partial charge in [-0.2, -0.15) is 5.10 Å². The van der Waals surface area contributed by atoms with Gasteiger partial charge in [-0.25, -0.2) is 18.3 Å². The number of benzene rings is 2. The van der Waals surface area contributed by atoms with E-state index in [4.69, 9.17) is 4.42 Å². The number of nitrogens with zero attached hydrogens (tertiary/aromatic N) is 4. The van der Waals surface area contributed by atoms with Crippen molar-refractivity contribution < 1.29 is 18.0 Å². The predicted molar refractivity (Wildman–Crippen MR) is 122 cm³/mol. The number of oxazole rings is 1. The molecule has 34 heavy (non-hydrogen) atoms. The molecule has 0 bridgehead atoms. The first-order chi connectivity index (χ1) is 16.3. The smallest absolute Gasteiger partial charge is 0.408 e. The van der Waals surface area contributed by atoms with E-state index in [1.165, 1.54) is 15.3 Å². The van der Waals surface area contributed by atoms with E-state index < -0.39 is 23.3 Å². The number of likely N-dealkylation sites (N-methyl/N-ethyl adjacent to an activating group) is 1. The van der Waals surface area contributed by atoms with Crippen molar-refractivity contribution in [3.05, 3.63) is 75.5 Å². The van der Waals surface area contributed by atoms with E-state index in [0.717, 1.165) is 29.8 Å². The van der Waals surface area contributed by atoms with Crippen LogP contribution < -0.4 is 11.1 Å². The maximum absolute atomic E-state index is 13.8. The summed E-state index contributed by atoms with van der Waals surface area (Å²) in [5.74, 6) is -2.78. The first-order valence-corrected chi connectivity index (χ1v) is 11.0. The lowest BCUT2D eigenvalue weighted by Gasteiger charge is -2.10. The number of fused-ring (bicyclic) bond motifs is 2. The number of carbonyl (C=O) groups excluding carboxylic acids is 1. The van der Waals surface area contributed by atoms with Crippen LogP contribution in [-0.4, -0.2) is 45.8 Å². The largest absolute Gasteiger partial charge is 0.419 e. The molecule has 0 aliphatic heterocycles. The number of nitrogens with one attached hydrogen (secondary N) is 1. The summed E-state index contributed by atoms with van der Waals surface area (Å²) in [6.45, 7) is 1.10. The van der Waals surface area contributed by atoms with E-state index in [2.05, 4.69) is 10.4 Å². The molecule has 1 aliphatic carbocycles. The van der Waals surface area contributed by atoms with Gasteiger partial charge in [0.25, 0.3) is 5.91 Å². The molecule has 176 valence electrons. The Morgan fingerprint density at radius 1 is 1.15 bits per heavy atom. The van der Waals surface area contributed by atoms with Gasteiger partial charge in [-0.1, -0.05) is 0 Å². The average Bonchev–Trinajstić information content (AvgIpc) is 3.47. The lowest BCUT2D eigenvalue weighted by Crippen LogP contribution is -2.23. The third kappa shape index (κ3) is 3.90. The minimum atomic E-state index is -0.973. The Morgan fingerprint density at radius 2 is 1.97 bits per heavy atom. The lowest BCUT2D eigenvalue weighted by atomic mass is 10.2. The van der Waals surface area contributed by atoms with Crippen LogP contribution in [-0.2, 0) is 19.4 Å². The van der Waals surface area contributed by atoms with Gasteiger partial charge in [-0.15, -0.1) is 0 Å². The van der Waals surface area contributed by atoms with Gasteiger partial charge in [0, 0.05) is 36.1 Å². The molecule has 1 aliphatic rings.